The maximum atomic E-state index is 10.0. The molecule has 1 unspecified atom stereocenters. The van der Waals surface area contributed by atoms with E-state index in [0.717, 1.165) is 24.8 Å². The summed E-state index contributed by atoms with van der Waals surface area (Å²) in [4.78, 5) is 2.33. The molecule has 0 amide bonds. The molecule has 0 heterocycles. The highest BCUT2D eigenvalue weighted by Gasteiger charge is 2.25. The summed E-state index contributed by atoms with van der Waals surface area (Å²) in [7, 11) is 2.15. The van der Waals surface area contributed by atoms with E-state index in [1.807, 2.05) is 6.07 Å². The minimum atomic E-state index is 0.355. The number of phenolic OH excluding ortho intramolecular Hbond substituents is 1. The molecule has 0 aromatic heterocycles. The third-order valence-electron chi connectivity index (χ3n) is 4.36. The molecule has 1 atom stereocenters. The van der Waals surface area contributed by atoms with E-state index in [1.54, 1.807) is 6.07 Å². The fourth-order valence-corrected chi connectivity index (χ4v) is 3.17. The standard InChI is InChI=1S/C18H21NO/c1-13-9-11-14(12-10-13)19(2)17-7-3-6-16-15(17)5-4-8-18(16)20/h4-5,8-12,17,20H,3,6-7H2,1-2H3. The largest absolute Gasteiger partial charge is 0.508 e. The van der Waals surface area contributed by atoms with Crippen molar-refractivity contribution in [3.05, 3.63) is 59.2 Å². The highest BCUT2D eigenvalue weighted by molar-refractivity contribution is 5.52. The van der Waals surface area contributed by atoms with Crippen molar-refractivity contribution in [3.8, 4) is 5.75 Å². The summed E-state index contributed by atoms with van der Waals surface area (Å²) in [5.41, 5.74) is 4.92. The van der Waals surface area contributed by atoms with Crippen molar-refractivity contribution in [2.45, 2.75) is 32.2 Å². The Morgan fingerprint density at radius 1 is 1.10 bits per heavy atom. The van der Waals surface area contributed by atoms with E-state index in [-0.39, 0.29) is 0 Å². The molecule has 2 aromatic carbocycles. The summed E-state index contributed by atoms with van der Waals surface area (Å²) < 4.78 is 0. The molecule has 0 saturated carbocycles. The smallest absolute Gasteiger partial charge is 0.119 e. The van der Waals surface area contributed by atoms with Crippen LogP contribution in [0.15, 0.2) is 42.5 Å². The molecule has 0 fully saturated rings. The highest BCUT2D eigenvalue weighted by Crippen LogP contribution is 2.39. The Bertz CT molecular complexity index is 603. The third-order valence-corrected chi connectivity index (χ3v) is 4.36. The van der Waals surface area contributed by atoms with Crippen LogP contribution in [-0.2, 0) is 6.42 Å². The molecular formula is C18H21NO. The Labute approximate surface area is 120 Å². The van der Waals surface area contributed by atoms with Gasteiger partial charge in [-0.3, -0.25) is 0 Å². The number of aromatic hydroxyl groups is 1. The molecule has 3 rings (SSSR count). The molecule has 104 valence electrons. The highest BCUT2D eigenvalue weighted by atomic mass is 16.3. The molecule has 0 spiro atoms. The van der Waals surface area contributed by atoms with Gasteiger partial charge in [0, 0.05) is 12.7 Å². The van der Waals surface area contributed by atoms with Crippen LogP contribution in [0.5, 0.6) is 5.75 Å². The van der Waals surface area contributed by atoms with Crippen LogP contribution in [0.2, 0.25) is 0 Å². The van der Waals surface area contributed by atoms with Crippen molar-refractivity contribution >= 4 is 5.69 Å². The fourth-order valence-electron chi connectivity index (χ4n) is 3.17. The van der Waals surface area contributed by atoms with Gasteiger partial charge in [-0.2, -0.15) is 0 Å². The van der Waals surface area contributed by atoms with Crippen molar-refractivity contribution in [3.63, 3.8) is 0 Å². The van der Waals surface area contributed by atoms with Gasteiger partial charge in [0.2, 0.25) is 0 Å². The summed E-state index contributed by atoms with van der Waals surface area (Å²) in [5, 5.41) is 10.0. The first-order valence-electron chi connectivity index (χ1n) is 7.27. The Morgan fingerprint density at radius 3 is 2.60 bits per heavy atom. The van der Waals surface area contributed by atoms with Gasteiger partial charge in [0.1, 0.15) is 5.75 Å². The first kappa shape index (κ1) is 13.0. The molecule has 2 nitrogen and oxygen atoms in total. The van der Waals surface area contributed by atoms with Crippen LogP contribution in [0.25, 0.3) is 0 Å². The van der Waals surface area contributed by atoms with Gasteiger partial charge in [0.15, 0.2) is 0 Å². The van der Waals surface area contributed by atoms with Crippen LogP contribution in [0.4, 0.5) is 5.69 Å². The van der Waals surface area contributed by atoms with Crippen LogP contribution in [-0.4, -0.2) is 12.2 Å². The Kier molecular flexibility index (Phi) is 3.39. The molecule has 2 aromatic rings. The van der Waals surface area contributed by atoms with Crippen LogP contribution in [0, 0.1) is 6.92 Å². The lowest BCUT2D eigenvalue weighted by molar-refractivity contribution is 0.453. The number of phenols is 1. The number of anilines is 1. The van der Waals surface area contributed by atoms with Crippen molar-refractivity contribution in [1.29, 1.82) is 0 Å². The quantitative estimate of drug-likeness (QED) is 0.881. The second-order valence-corrected chi connectivity index (χ2v) is 5.70. The van der Waals surface area contributed by atoms with E-state index in [2.05, 4.69) is 49.2 Å². The molecule has 1 aliphatic carbocycles. The number of hydrogen-bond acceptors (Lipinski definition) is 2. The monoisotopic (exact) mass is 267 g/mol. The average molecular weight is 267 g/mol. The van der Waals surface area contributed by atoms with E-state index in [1.165, 1.54) is 16.8 Å². The van der Waals surface area contributed by atoms with Gasteiger partial charge < -0.3 is 10.0 Å². The van der Waals surface area contributed by atoms with E-state index >= 15 is 0 Å². The zero-order valence-electron chi connectivity index (χ0n) is 12.1. The predicted molar refractivity (Wildman–Crippen MR) is 83.4 cm³/mol. The van der Waals surface area contributed by atoms with E-state index < -0.39 is 0 Å². The van der Waals surface area contributed by atoms with Gasteiger partial charge in [-0.25, -0.2) is 0 Å². The molecular weight excluding hydrogens is 246 g/mol. The first-order chi connectivity index (χ1) is 9.66. The lowest BCUT2D eigenvalue weighted by atomic mass is 9.86. The molecule has 0 saturated heterocycles. The number of benzene rings is 2. The van der Waals surface area contributed by atoms with Crippen LogP contribution in [0.1, 0.15) is 35.6 Å². The normalized spacial score (nSPS) is 17.6. The number of fused-ring (bicyclic) bond motifs is 1. The summed E-state index contributed by atoms with van der Waals surface area (Å²) in [6.45, 7) is 2.11. The van der Waals surface area contributed by atoms with Crippen molar-refractivity contribution in [2.24, 2.45) is 0 Å². The minimum Gasteiger partial charge on any atom is -0.508 e. The maximum absolute atomic E-state index is 10.0. The number of aryl methyl sites for hydroxylation is 1. The van der Waals surface area contributed by atoms with Crippen molar-refractivity contribution in [2.75, 3.05) is 11.9 Å². The summed E-state index contributed by atoms with van der Waals surface area (Å²) in [5.74, 6) is 0.449. The fraction of sp³-hybridized carbons (Fsp3) is 0.333. The molecule has 2 heteroatoms. The zero-order valence-corrected chi connectivity index (χ0v) is 12.1. The van der Waals surface area contributed by atoms with Crippen LogP contribution >= 0.6 is 0 Å². The maximum Gasteiger partial charge on any atom is 0.119 e. The topological polar surface area (TPSA) is 23.5 Å². The molecule has 20 heavy (non-hydrogen) atoms. The molecule has 1 aliphatic rings. The van der Waals surface area contributed by atoms with Crippen molar-refractivity contribution < 1.29 is 5.11 Å². The summed E-state index contributed by atoms with van der Waals surface area (Å²) in [6, 6.07) is 14.9. The number of nitrogens with zero attached hydrogens (tertiary/aromatic N) is 1. The Hall–Kier alpha value is -1.96. The Morgan fingerprint density at radius 2 is 1.85 bits per heavy atom. The van der Waals surface area contributed by atoms with Gasteiger partial charge in [0.25, 0.3) is 0 Å². The summed E-state index contributed by atoms with van der Waals surface area (Å²) in [6.07, 6.45) is 3.26. The molecule has 0 radical (unpaired) electrons. The third kappa shape index (κ3) is 2.26. The van der Waals surface area contributed by atoms with Gasteiger partial charge >= 0.3 is 0 Å². The number of hydrogen-bond donors (Lipinski definition) is 1. The van der Waals surface area contributed by atoms with E-state index in [9.17, 15) is 5.11 Å². The molecule has 1 N–H and O–H groups in total. The lowest BCUT2D eigenvalue weighted by Crippen LogP contribution is -2.27. The van der Waals surface area contributed by atoms with Gasteiger partial charge in [-0.05, 0) is 55.5 Å². The van der Waals surface area contributed by atoms with E-state index in [4.69, 9.17) is 0 Å². The van der Waals surface area contributed by atoms with Crippen molar-refractivity contribution in [1.82, 2.24) is 0 Å². The summed E-state index contributed by atoms with van der Waals surface area (Å²) >= 11 is 0. The predicted octanol–water partition coefficient (Wildman–Crippen LogP) is 4.21. The average Bonchev–Trinajstić information content (AvgIpc) is 2.47. The Balaban J connectivity index is 1.96. The van der Waals surface area contributed by atoms with E-state index in [0.29, 0.717) is 11.8 Å². The zero-order chi connectivity index (χ0) is 14.1. The first-order valence-corrected chi connectivity index (χ1v) is 7.27. The van der Waals surface area contributed by atoms with Gasteiger partial charge in [-0.1, -0.05) is 29.8 Å². The van der Waals surface area contributed by atoms with Crippen LogP contribution in [0.3, 0.4) is 0 Å². The van der Waals surface area contributed by atoms with Gasteiger partial charge in [-0.15, -0.1) is 0 Å². The second kappa shape index (κ2) is 5.20. The minimum absolute atomic E-state index is 0.355. The molecule has 0 bridgehead atoms. The SMILES string of the molecule is Cc1ccc(N(C)C2CCCc3c(O)cccc32)cc1. The number of rotatable bonds is 2. The van der Waals surface area contributed by atoms with Gasteiger partial charge in [0.05, 0.1) is 6.04 Å². The van der Waals surface area contributed by atoms with Crippen LogP contribution < -0.4 is 4.90 Å². The second-order valence-electron chi connectivity index (χ2n) is 5.70. The molecule has 0 aliphatic heterocycles. The lowest BCUT2D eigenvalue weighted by Gasteiger charge is -2.35.